The van der Waals surface area contributed by atoms with Crippen molar-refractivity contribution in [2.75, 3.05) is 13.7 Å². The molecule has 4 aromatic rings. The molecule has 1 N–H and O–H groups in total. The molecule has 180 valence electrons. The normalized spacial score (nSPS) is 11.8. The average Bonchev–Trinajstić information content (AvgIpc) is 3.33. The highest BCUT2D eigenvalue weighted by Crippen LogP contribution is 2.28. The summed E-state index contributed by atoms with van der Waals surface area (Å²) in [6.07, 6.45) is 6.40. The zero-order valence-corrected chi connectivity index (χ0v) is 20.9. The number of unbranched alkanes of at least 4 members (excludes halogenated alkanes) is 3. The quantitative estimate of drug-likeness (QED) is 0.108. The summed E-state index contributed by atoms with van der Waals surface area (Å²) in [5.74, 6) is 2.02. The molecule has 6 nitrogen and oxygen atoms in total. The lowest BCUT2D eigenvalue weighted by molar-refractivity contribution is 0.285. The predicted molar refractivity (Wildman–Crippen MR) is 146 cm³/mol. The molecule has 1 heterocycles. The van der Waals surface area contributed by atoms with Gasteiger partial charge < -0.3 is 9.47 Å². The van der Waals surface area contributed by atoms with Gasteiger partial charge in [0.05, 0.1) is 35.8 Å². The van der Waals surface area contributed by atoms with Crippen molar-refractivity contribution in [2.24, 2.45) is 10.1 Å². The molecule has 0 radical (unpaired) electrons. The van der Waals surface area contributed by atoms with E-state index in [9.17, 15) is 0 Å². The van der Waals surface area contributed by atoms with Gasteiger partial charge in [-0.05, 0) is 54.4 Å². The van der Waals surface area contributed by atoms with Crippen LogP contribution in [0.3, 0.4) is 0 Å². The van der Waals surface area contributed by atoms with Crippen LogP contribution in [0.4, 0.5) is 5.69 Å². The van der Waals surface area contributed by atoms with Gasteiger partial charge >= 0.3 is 0 Å². The number of nitrogens with zero attached hydrogens (tertiary/aromatic N) is 3. The highest BCUT2D eigenvalue weighted by Gasteiger charge is 2.11. The number of hydrogen-bond acceptors (Lipinski definition) is 6. The van der Waals surface area contributed by atoms with E-state index in [0.29, 0.717) is 18.2 Å². The number of thiazole rings is 1. The Morgan fingerprint density at radius 3 is 2.60 bits per heavy atom. The molecule has 0 amide bonds. The first kappa shape index (κ1) is 24.4. The third kappa shape index (κ3) is 6.90. The van der Waals surface area contributed by atoms with Crippen LogP contribution in [0.1, 0.15) is 43.2 Å². The van der Waals surface area contributed by atoms with E-state index in [4.69, 9.17) is 19.5 Å². The molecule has 0 bridgehead atoms. The first-order valence-electron chi connectivity index (χ1n) is 11.9. The van der Waals surface area contributed by atoms with E-state index in [1.807, 2.05) is 66.7 Å². The van der Waals surface area contributed by atoms with Crippen molar-refractivity contribution in [3.8, 4) is 11.5 Å². The summed E-state index contributed by atoms with van der Waals surface area (Å²) in [6, 6.07) is 23.6. The van der Waals surface area contributed by atoms with Gasteiger partial charge in [0.25, 0.3) is 0 Å². The second kappa shape index (κ2) is 12.7. The molecule has 35 heavy (non-hydrogen) atoms. The molecule has 0 atom stereocenters. The Morgan fingerprint density at radius 1 is 0.971 bits per heavy atom. The van der Waals surface area contributed by atoms with Crippen molar-refractivity contribution in [3.05, 3.63) is 83.4 Å². The summed E-state index contributed by atoms with van der Waals surface area (Å²) in [7, 11) is 1.65. The molecule has 0 aliphatic carbocycles. The number of rotatable bonds is 11. The number of ether oxygens (including phenoxy) is 2. The Hall–Kier alpha value is -3.71. The lowest BCUT2D eigenvalue weighted by Gasteiger charge is -2.11. The minimum atomic E-state index is 0.590. The smallest absolute Gasteiger partial charge is 0.183 e. The number of aliphatic imine (C=N–C) groups is 1. The van der Waals surface area contributed by atoms with Crippen molar-refractivity contribution in [3.63, 3.8) is 0 Å². The first-order chi connectivity index (χ1) is 17.3. The fourth-order valence-electron chi connectivity index (χ4n) is 3.49. The highest BCUT2D eigenvalue weighted by molar-refractivity contribution is 7.20. The number of hydrogen-bond donors (Lipinski definition) is 1. The third-order valence-corrected chi connectivity index (χ3v) is 6.36. The molecule has 7 heteroatoms. The fraction of sp³-hybridized carbons (Fsp3) is 0.250. The van der Waals surface area contributed by atoms with Crippen LogP contribution in [-0.2, 0) is 0 Å². The van der Waals surface area contributed by atoms with Crippen molar-refractivity contribution in [2.45, 2.75) is 32.6 Å². The number of amidine groups is 1. The molecule has 0 saturated carbocycles. The standard InChI is InChI=1S/C28H30N4O2S/c1-3-4-5-11-18-34-24-17-16-21(19-25(24)33-2)20-29-32-27(30-22-12-7-6-8-13-22)28-31-23-14-9-10-15-26(23)35-28/h6-10,12-17,19-20H,3-5,11,18H2,1-2H3,(H,30,32). The van der Waals surface area contributed by atoms with Gasteiger partial charge in [-0.3, -0.25) is 5.43 Å². The summed E-state index contributed by atoms with van der Waals surface area (Å²) in [5, 5.41) is 5.22. The summed E-state index contributed by atoms with van der Waals surface area (Å²) >= 11 is 1.58. The maximum absolute atomic E-state index is 5.91. The Balaban J connectivity index is 1.49. The maximum Gasteiger partial charge on any atom is 0.183 e. The molecule has 0 unspecified atom stereocenters. The average molecular weight is 487 g/mol. The summed E-state index contributed by atoms with van der Waals surface area (Å²) in [5.41, 5.74) is 5.74. The molecule has 1 aromatic heterocycles. The number of aromatic nitrogens is 1. The highest BCUT2D eigenvalue weighted by atomic mass is 32.1. The van der Waals surface area contributed by atoms with Gasteiger partial charge in [-0.1, -0.05) is 56.5 Å². The van der Waals surface area contributed by atoms with Crippen molar-refractivity contribution < 1.29 is 9.47 Å². The van der Waals surface area contributed by atoms with Gasteiger partial charge in [0.1, 0.15) is 0 Å². The lowest BCUT2D eigenvalue weighted by atomic mass is 10.2. The van der Waals surface area contributed by atoms with Crippen molar-refractivity contribution in [1.29, 1.82) is 0 Å². The number of benzene rings is 3. The molecular formula is C28H30N4O2S. The first-order valence-corrected chi connectivity index (χ1v) is 12.7. The van der Waals surface area contributed by atoms with Crippen LogP contribution in [0.5, 0.6) is 11.5 Å². The van der Waals surface area contributed by atoms with Crippen LogP contribution in [-0.4, -0.2) is 30.8 Å². The van der Waals surface area contributed by atoms with E-state index in [2.05, 4.69) is 23.5 Å². The summed E-state index contributed by atoms with van der Waals surface area (Å²) in [4.78, 5) is 9.49. The minimum Gasteiger partial charge on any atom is -0.493 e. The monoisotopic (exact) mass is 486 g/mol. The Bertz CT molecular complexity index is 1250. The van der Waals surface area contributed by atoms with Crippen LogP contribution in [0.2, 0.25) is 0 Å². The number of hydrazone groups is 1. The molecular weight excluding hydrogens is 456 g/mol. The second-order valence-corrected chi connectivity index (χ2v) is 9.00. The largest absolute Gasteiger partial charge is 0.493 e. The van der Waals surface area contributed by atoms with E-state index < -0.39 is 0 Å². The third-order valence-electron chi connectivity index (χ3n) is 5.32. The van der Waals surface area contributed by atoms with Gasteiger partial charge in [-0.2, -0.15) is 5.10 Å². The van der Waals surface area contributed by atoms with Crippen LogP contribution < -0.4 is 14.9 Å². The zero-order chi connectivity index (χ0) is 24.3. The number of fused-ring (bicyclic) bond motifs is 1. The van der Waals surface area contributed by atoms with Crippen LogP contribution >= 0.6 is 11.3 Å². The minimum absolute atomic E-state index is 0.590. The molecule has 0 aliphatic rings. The summed E-state index contributed by atoms with van der Waals surface area (Å²) in [6.45, 7) is 2.89. The summed E-state index contributed by atoms with van der Waals surface area (Å²) < 4.78 is 12.5. The number of methoxy groups -OCH3 is 1. The predicted octanol–water partition coefficient (Wildman–Crippen LogP) is 6.97. The second-order valence-electron chi connectivity index (χ2n) is 7.97. The van der Waals surface area contributed by atoms with E-state index in [-0.39, 0.29) is 0 Å². The van der Waals surface area contributed by atoms with Crippen molar-refractivity contribution in [1.82, 2.24) is 10.4 Å². The number of nitrogens with one attached hydrogen (secondary N) is 1. The molecule has 0 aliphatic heterocycles. The van der Waals surface area contributed by atoms with Gasteiger partial charge in [-0.15, -0.1) is 11.3 Å². The molecule has 3 aromatic carbocycles. The van der Waals surface area contributed by atoms with Gasteiger partial charge in [0.15, 0.2) is 22.3 Å². The van der Waals surface area contributed by atoms with Gasteiger partial charge in [0.2, 0.25) is 0 Å². The van der Waals surface area contributed by atoms with E-state index in [1.54, 1.807) is 24.7 Å². The van der Waals surface area contributed by atoms with Crippen LogP contribution in [0, 0.1) is 0 Å². The lowest BCUT2D eigenvalue weighted by Crippen LogP contribution is -2.18. The molecule has 0 spiro atoms. The van der Waals surface area contributed by atoms with Crippen LogP contribution in [0.15, 0.2) is 82.9 Å². The van der Waals surface area contributed by atoms with E-state index in [1.165, 1.54) is 19.3 Å². The molecule has 0 saturated heterocycles. The zero-order valence-electron chi connectivity index (χ0n) is 20.1. The molecule has 0 fully saturated rings. The molecule has 4 rings (SSSR count). The van der Waals surface area contributed by atoms with Gasteiger partial charge in [-0.25, -0.2) is 9.98 Å². The van der Waals surface area contributed by atoms with Gasteiger partial charge in [0, 0.05) is 0 Å². The van der Waals surface area contributed by atoms with Crippen molar-refractivity contribution >= 4 is 39.3 Å². The fourth-order valence-corrected chi connectivity index (χ4v) is 4.39. The van der Waals surface area contributed by atoms with Crippen LogP contribution in [0.25, 0.3) is 10.2 Å². The Kier molecular flexibility index (Phi) is 8.84. The Labute approximate surface area is 210 Å². The Morgan fingerprint density at radius 2 is 1.80 bits per heavy atom. The maximum atomic E-state index is 5.91. The SMILES string of the molecule is CCCCCCOc1ccc(C=NNC(=Nc2ccccc2)c2nc3ccccc3s2)cc1OC. The van der Waals surface area contributed by atoms with E-state index >= 15 is 0 Å². The number of para-hydroxylation sites is 2. The van der Waals surface area contributed by atoms with E-state index in [0.717, 1.165) is 38.6 Å². The topological polar surface area (TPSA) is 68.1 Å².